The Labute approximate surface area is 215 Å². The van der Waals surface area contributed by atoms with Crippen LogP contribution in [0.5, 0.6) is 11.5 Å². The van der Waals surface area contributed by atoms with Crippen molar-refractivity contribution < 1.29 is 28.4 Å². The molecule has 0 amide bonds. The molecule has 4 atom stereocenters. The maximum absolute atomic E-state index is 5.92. The molecule has 196 valence electrons. The standard InChI is InChI=1S/C30H40O6/c1-21(31-17-29(3)19-33-29)35-27-13-9-25(10-14-27)23-5-7-24(8-6-23)26-11-15-28(16-12-26)36-22(2)32-18-30(4)20-34-30/h9-16,21-24H,5-8,17-20H2,1-4H3. The second-order valence-corrected chi connectivity index (χ2v) is 11.2. The second kappa shape index (κ2) is 10.7. The Hall–Kier alpha value is -2.12. The Morgan fingerprint density at radius 2 is 1.00 bits per heavy atom. The molecule has 4 unspecified atom stereocenters. The number of benzene rings is 2. The Kier molecular flexibility index (Phi) is 7.59. The third-order valence-corrected chi connectivity index (χ3v) is 7.56. The molecule has 2 heterocycles. The minimum absolute atomic E-state index is 0.117. The van der Waals surface area contributed by atoms with Crippen molar-refractivity contribution in [2.45, 2.75) is 89.0 Å². The largest absolute Gasteiger partial charge is 0.465 e. The topological polar surface area (TPSA) is 62.0 Å². The maximum atomic E-state index is 5.92. The van der Waals surface area contributed by atoms with E-state index in [0.717, 1.165) is 24.7 Å². The molecule has 2 aliphatic heterocycles. The molecule has 1 saturated carbocycles. The quantitative estimate of drug-likeness (QED) is 0.258. The molecular formula is C30H40O6. The van der Waals surface area contributed by atoms with Gasteiger partial charge in [0.25, 0.3) is 0 Å². The highest BCUT2D eigenvalue weighted by atomic mass is 16.7. The molecule has 0 radical (unpaired) electrons. The van der Waals surface area contributed by atoms with Crippen LogP contribution in [0.4, 0.5) is 0 Å². The Morgan fingerprint density at radius 3 is 1.31 bits per heavy atom. The smallest absolute Gasteiger partial charge is 0.197 e. The molecule has 3 fully saturated rings. The van der Waals surface area contributed by atoms with Crippen molar-refractivity contribution in [1.82, 2.24) is 0 Å². The Bertz CT molecular complexity index is 890. The van der Waals surface area contributed by atoms with Crippen molar-refractivity contribution in [3.05, 3.63) is 59.7 Å². The van der Waals surface area contributed by atoms with E-state index in [0.29, 0.717) is 25.0 Å². The fourth-order valence-electron chi connectivity index (χ4n) is 4.85. The normalized spacial score (nSPS) is 30.9. The number of epoxide rings is 2. The highest BCUT2D eigenvalue weighted by Gasteiger charge is 2.40. The first kappa shape index (κ1) is 25.5. The lowest BCUT2D eigenvalue weighted by molar-refractivity contribution is -0.0813. The van der Waals surface area contributed by atoms with Gasteiger partial charge in [-0.1, -0.05) is 24.3 Å². The molecule has 0 bridgehead atoms. The maximum Gasteiger partial charge on any atom is 0.197 e. The van der Waals surface area contributed by atoms with Gasteiger partial charge in [0.15, 0.2) is 12.6 Å². The number of hydrogen-bond acceptors (Lipinski definition) is 6. The first-order valence-corrected chi connectivity index (χ1v) is 13.3. The zero-order valence-electron chi connectivity index (χ0n) is 22.0. The van der Waals surface area contributed by atoms with E-state index >= 15 is 0 Å². The van der Waals surface area contributed by atoms with Crippen molar-refractivity contribution in [3.8, 4) is 11.5 Å². The van der Waals surface area contributed by atoms with E-state index in [1.807, 2.05) is 13.8 Å². The van der Waals surface area contributed by atoms with Crippen LogP contribution in [-0.2, 0) is 18.9 Å². The SMILES string of the molecule is CC(OCC1(C)CO1)Oc1ccc(C2CCC(c3ccc(OC(C)OCC4(C)CO4)cc3)CC2)cc1. The van der Waals surface area contributed by atoms with Crippen molar-refractivity contribution in [2.24, 2.45) is 0 Å². The highest BCUT2D eigenvalue weighted by Crippen LogP contribution is 2.41. The fraction of sp³-hybridized carbons (Fsp3) is 0.600. The summed E-state index contributed by atoms with van der Waals surface area (Å²) in [5, 5.41) is 0. The molecule has 0 aromatic heterocycles. The number of ether oxygens (including phenoxy) is 6. The van der Waals surface area contributed by atoms with Gasteiger partial charge in [-0.05, 0) is 101 Å². The molecule has 0 N–H and O–H groups in total. The zero-order chi connectivity index (χ0) is 25.2. The van der Waals surface area contributed by atoms with Gasteiger partial charge in [0.2, 0.25) is 0 Å². The van der Waals surface area contributed by atoms with Crippen molar-refractivity contribution in [3.63, 3.8) is 0 Å². The summed E-state index contributed by atoms with van der Waals surface area (Å²) in [6, 6.07) is 17.1. The molecule has 6 nitrogen and oxygen atoms in total. The van der Waals surface area contributed by atoms with E-state index in [-0.39, 0.29) is 23.8 Å². The van der Waals surface area contributed by atoms with Crippen molar-refractivity contribution >= 4 is 0 Å². The lowest BCUT2D eigenvalue weighted by Gasteiger charge is -2.29. The minimum atomic E-state index is -0.291. The van der Waals surface area contributed by atoms with E-state index in [1.54, 1.807) is 0 Å². The third kappa shape index (κ3) is 7.00. The molecule has 36 heavy (non-hydrogen) atoms. The molecule has 3 aliphatic rings. The van der Waals surface area contributed by atoms with E-state index < -0.39 is 0 Å². The average molecular weight is 497 g/mol. The molecule has 1 aliphatic carbocycles. The summed E-state index contributed by atoms with van der Waals surface area (Å²) in [6.45, 7) is 10.6. The van der Waals surface area contributed by atoms with Crippen molar-refractivity contribution in [2.75, 3.05) is 26.4 Å². The van der Waals surface area contributed by atoms with Crippen LogP contribution in [0.15, 0.2) is 48.5 Å². The van der Waals surface area contributed by atoms with E-state index in [4.69, 9.17) is 28.4 Å². The number of hydrogen-bond donors (Lipinski definition) is 0. The minimum Gasteiger partial charge on any atom is -0.465 e. The second-order valence-electron chi connectivity index (χ2n) is 11.2. The summed E-state index contributed by atoms with van der Waals surface area (Å²) in [7, 11) is 0. The van der Waals surface area contributed by atoms with Crippen LogP contribution >= 0.6 is 0 Å². The Morgan fingerprint density at radius 1 is 0.667 bits per heavy atom. The molecule has 0 spiro atoms. The lowest BCUT2D eigenvalue weighted by Crippen LogP contribution is -2.23. The van der Waals surface area contributed by atoms with Crippen LogP contribution in [0, 0.1) is 0 Å². The van der Waals surface area contributed by atoms with Gasteiger partial charge < -0.3 is 28.4 Å². The Balaban J connectivity index is 1.05. The lowest BCUT2D eigenvalue weighted by atomic mass is 9.76. The van der Waals surface area contributed by atoms with Crippen LogP contribution in [0.25, 0.3) is 0 Å². The monoisotopic (exact) mass is 496 g/mol. The molecule has 6 heteroatoms. The van der Waals surface area contributed by atoms with E-state index in [9.17, 15) is 0 Å². The van der Waals surface area contributed by atoms with Gasteiger partial charge in [-0.2, -0.15) is 0 Å². The summed E-state index contributed by atoms with van der Waals surface area (Å²) < 4.78 is 34.1. The zero-order valence-corrected chi connectivity index (χ0v) is 22.0. The highest BCUT2D eigenvalue weighted by molar-refractivity contribution is 5.32. The molecule has 2 aromatic carbocycles. The van der Waals surface area contributed by atoms with Crippen LogP contribution in [-0.4, -0.2) is 50.2 Å². The first-order chi connectivity index (χ1) is 17.3. The van der Waals surface area contributed by atoms with Crippen LogP contribution < -0.4 is 9.47 Å². The summed E-state index contributed by atoms with van der Waals surface area (Å²) in [5.41, 5.74) is 2.56. The molecule has 2 saturated heterocycles. The summed E-state index contributed by atoms with van der Waals surface area (Å²) in [6.07, 6.45) is 4.22. The van der Waals surface area contributed by atoms with Gasteiger partial charge >= 0.3 is 0 Å². The first-order valence-electron chi connectivity index (χ1n) is 13.3. The summed E-state index contributed by atoms with van der Waals surface area (Å²) >= 11 is 0. The average Bonchev–Trinajstić information content (AvgIpc) is 3.81. The van der Waals surface area contributed by atoms with Gasteiger partial charge in [0.1, 0.15) is 22.7 Å². The van der Waals surface area contributed by atoms with Crippen LogP contribution in [0.3, 0.4) is 0 Å². The fourth-order valence-corrected chi connectivity index (χ4v) is 4.85. The number of rotatable bonds is 12. The third-order valence-electron chi connectivity index (χ3n) is 7.56. The molecular weight excluding hydrogens is 456 g/mol. The molecule has 2 aromatic rings. The predicted octanol–water partition coefficient (Wildman–Crippen LogP) is 6.19. The van der Waals surface area contributed by atoms with Gasteiger partial charge in [-0.15, -0.1) is 0 Å². The van der Waals surface area contributed by atoms with Gasteiger partial charge in [0, 0.05) is 0 Å². The molecule has 5 rings (SSSR count). The summed E-state index contributed by atoms with van der Waals surface area (Å²) in [5.74, 6) is 2.90. The van der Waals surface area contributed by atoms with Crippen LogP contribution in [0.1, 0.15) is 76.3 Å². The van der Waals surface area contributed by atoms with Gasteiger partial charge in [0.05, 0.1) is 26.4 Å². The van der Waals surface area contributed by atoms with Crippen LogP contribution in [0.2, 0.25) is 0 Å². The van der Waals surface area contributed by atoms with Crippen molar-refractivity contribution in [1.29, 1.82) is 0 Å². The van der Waals surface area contributed by atoms with Gasteiger partial charge in [-0.3, -0.25) is 0 Å². The van der Waals surface area contributed by atoms with E-state index in [2.05, 4.69) is 62.4 Å². The van der Waals surface area contributed by atoms with Gasteiger partial charge in [-0.25, -0.2) is 0 Å². The summed E-state index contributed by atoms with van der Waals surface area (Å²) in [4.78, 5) is 0. The predicted molar refractivity (Wildman–Crippen MR) is 138 cm³/mol. The van der Waals surface area contributed by atoms with E-state index in [1.165, 1.54) is 36.8 Å².